The highest BCUT2D eigenvalue weighted by Crippen LogP contribution is 2.27. The van der Waals surface area contributed by atoms with Crippen LogP contribution >= 0.6 is 11.6 Å². The minimum Gasteiger partial charge on any atom is -0.408 e. The van der Waals surface area contributed by atoms with Gasteiger partial charge in [0.15, 0.2) is 5.58 Å². The first-order valence-corrected chi connectivity index (χ1v) is 8.21. The van der Waals surface area contributed by atoms with Crippen molar-refractivity contribution in [2.75, 3.05) is 5.32 Å². The number of carbonyl (C=O) groups is 1. The number of oxazole rings is 1. The van der Waals surface area contributed by atoms with Crippen LogP contribution in [0, 0.1) is 0 Å². The molecule has 0 atom stereocenters. The zero-order valence-electron chi connectivity index (χ0n) is 13.8. The van der Waals surface area contributed by atoms with Crippen LogP contribution in [0.3, 0.4) is 0 Å². The number of aromatic amines is 1. The van der Waals surface area contributed by atoms with E-state index in [0.29, 0.717) is 21.8 Å². The van der Waals surface area contributed by atoms with Gasteiger partial charge in [0.05, 0.1) is 5.52 Å². The van der Waals surface area contributed by atoms with Gasteiger partial charge >= 0.3 is 5.76 Å². The monoisotopic (exact) mass is 356 g/mol. The minimum atomic E-state index is -0.504. The first-order chi connectivity index (χ1) is 11.9. The van der Waals surface area contributed by atoms with E-state index in [1.54, 1.807) is 30.3 Å². The summed E-state index contributed by atoms with van der Waals surface area (Å²) in [5, 5.41) is 3.43. The van der Waals surface area contributed by atoms with E-state index < -0.39 is 5.76 Å². The SMILES string of the molecule is CC(C)c1ccc(Cl)cc1NC(=O)/C=C/c1ccc2oc(=O)[nH]c2c1. The van der Waals surface area contributed by atoms with E-state index in [2.05, 4.69) is 24.1 Å². The van der Waals surface area contributed by atoms with Gasteiger partial charge in [-0.05, 0) is 47.4 Å². The van der Waals surface area contributed by atoms with Gasteiger partial charge in [-0.1, -0.05) is 37.6 Å². The molecule has 0 spiro atoms. The molecule has 0 bridgehead atoms. The fraction of sp³-hybridized carbons (Fsp3) is 0.158. The van der Waals surface area contributed by atoms with Crippen molar-refractivity contribution in [2.45, 2.75) is 19.8 Å². The number of hydrogen-bond acceptors (Lipinski definition) is 3. The number of carbonyl (C=O) groups excluding carboxylic acids is 1. The van der Waals surface area contributed by atoms with Gasteiger partial charge < -0.3 is 9.73 Å². The zero-order chi connectivity index (χ0) is 18.0. The van der Waals surface area contributed by atoms with Crippen molar-refractivity contribution in [1.82, 2.24) is 4.98 Å². The predicted molar refractivity (Wildman–Crippen MR) is 100 cm³/mol. The molecule has 3 aromatic rings. The number of amides is 1. The average Bonchev–Trinajstić information content (AvgIpc) is 2.92. The van der Waals surface area contributed by atoms with E-state index in [1.165, 1.54) is 6.08 Å². The first kappa shape index (κ1) is 17.0. The molecule has 0 saturated carbocycles. The predicted octanol–water partition coefficient (Wildman–Crippen LogP) is 4.55. The average molecular weight is 357 g/mol. The third-order valence-electron chi connectivity index (χ3n) is 3.77. The molecule has 0 aliphatic carbocycles. The summed E-state index contributed by atoms with van der Waals surface area (Å²) in [5.41, 5.74) is 3.56. The van der Waals surface area contributed by atoms with Crippen LogP contribution in [0.25, 0.3) is 17.2 Å². The summed E-state index contributed by atoms with van der Waals surface area (Å²) < 4.78 is 4.95. The van der Waals surface area contributed by atoms with Gasteiger partial charge in [0.1, 0.15) is 0 Å². The standard InChI is InChI=1S/C19H17ClN2O3/c1-11(2)14-6-5-13(20)10-15(14)21-18(23)8-4-12-3-7-17-16(9-12)22-19(24)25-17/h3-11H,1-2H3,(H,21,23)(H,22,24)/b8-4+. The minimum absolute atomic E-state index is 0.259. The van der Waals surface area contributed by atoms with Crippen LogP contribution in [0.1, 0.15) is 30.9 Å². The Morgan fingerprint density at radius 3 is 2.80 bits per heavy atom. The second-order valence-electron chi connectivity index (χ2n) is 5.98. The summed E-state index contributed by atoms with van der Waals surface area (Å²) in [5.74, 6) is -0.502. The van der Waals surface area contributed by atoms with Crippen LogP contribution in [0.4, 0.5) is 5.69 Å². The summed E-state index contributed by atoms with van der Waals surface area (Å²) in [6.07, 6.45) is 3.10. The Bertz CT molecular complexity index is 1010. The lowest BCUT2D eigenvalue weighted by Crippen LogP contribution is -2.10. The van der Waals surface area contributed by atoms with Crippen LogP contribution in [0.15, 0.2) is 51.7 Å². The van der Waals surface area contributed by atoms with E-state index in [1.807, 2.05) is 12.1 Å². The van der Waals surface area contributed by atoms with E-state index >= 15 is 0 Å². The van der Waals surface area contributed by atoms with Gasteiger partial charge in [0.25, 0.3) is 0 Å². The molecule has 128 valence electrons. The van der Waals surface area contributed by atoms with Crippen molar-refractivity contribution in [3.8, 4) is 0 Å². The molecule has 0 saturated heterocycles. The normalized spacial score (nSPS) is 11.5. The molecule has 2 aromatic carbocycles. The van der Waals surface area contributed by atoms with Crippen molar-refractivity contribution in [3.05, 3.63) is 69.2 Å². The van der Waals surface area contributed by atoms with Crippen molar-refractivity contribution in [1.29, 1.82) is 0 Å². The molecule has 6 heteroatoms. The number of anilines is 1. The largest absolute Gasteiger partial charge is 0.417 e. The zero-order valence-corrected chi connectivity index (χ0v) is 14.6. The maximum atomic E-state index is 12.2. The second-order valence-corrected chi connectivity index (χ2v) is 6.42. The molecule has 2 N–H and O–H groups in total. The van der Waals surface area contributed by atoms with Crippen LogP contribution in [0.2, 0.25) is 5.02 Å². The quantitative estimate of drug-likeness (QED) is 0.673. The lowest BCUT2D eigenvalue weighted by molar-refractivity contribution is -0.111. The molecule has 1 heterocycles. The number of rotatable bonds is 4. The fourth-order valence-electron chi connectivity index (χ4n) is 2.56. The molecule has 3 rings (SSSR count). The molecule has 5 nitrogen and oxygen atoms in total. The smallest absolute Gasteiger partial charge is 0.408 e. The molecular weight excluding hydrogens is 340 g/mol. The first-order valence-electron chi connectivity index (χ1n) is 7.84. The lowest BCUT2D eigenvalue weighted by Gasteiger charge is -2.13. The second kappa shape index (κ2) is 6.99. The van der Waals surface area contributed by atoms with Crippen molar-refractivity contribution in [3.63, 3.8) is 0 Å². The number of aromatic nitrogens is 1. The third kappa shape index (κ3) is 4.00. The maximum Gasteiger partial charge on any atom is 0.417 e. The number of benzene rings is 2. The van der Waals surface area contributed by atoms with E-state index in [0.717, 1.165) is 11.1 Å². The Hall–Kier alpha value is -2.79. The Labute approximate surface area is 149 Å². The lowest BCUT2D eigenvalue weighted by atomic mass is 10.0. The Morgan fingerprint density at radius 2 is 2.04 bits per heavy atom. The number of H-pyrrole nitrogens is 1. The van der Waals surface area contributed by atoms with Crippen LogP contribution in [-0.4, -0.2) is 10.9 Å². The van der Waals surface area contributed by atoms with Crippen molar-refractivity contribution >= 4 is 40.4 Å². The molecule has 25 heavy (non-hydrogen) atoms. The van der Waals surface area contributed by atoms with Gasteiger partial charge in [-0.2, -0.15) is 0 Å². The Balaban J connectivity index is 1.78. The van der Waals surface area contributed by atoms with Gasteiger partial charge in [0, 0.05) is 16.8 Å². The van der Waals surface area contributed by atoms with Gasteiger partial charge in [0.2, 0.25) is 5.91 Å². The number of halogens is 1. The van der Waals surface area contributed by atoms with Crippen LogP contribution in [-0.2, 0) is 4.79 Å². The number of fused-ring (bicyclic) bond motifs is 1. The molecular formula is C19H17ClN2O3. The molecule has 0 aliphatic heterocycles. The number of hydrogen-bond donors (Lipinski definition) is 2. The summed E-state index contributed by atoms with van der Waals surface area (Å²) in [7, 11) is 0. The fourth-order valence-corrected chi connectivity index (χ4v) is 2.73. The molecule has 0 unspecified atom stereocenters. The highest BCUT2D eigenvalue weighted by Gasteiger charge is 2.09. The van der Waals surface area contributed by atoms with Crippen molar-refractivity contribution in [2.24, 2.45) is 0 Å². The summed E-state index contributed by atoms with van der Waals surface area (Å²) >= 11 is 6.03. The maximum absolute atomic E-state index is 12.2. The topological polar surface area (TPSA) is 75.1 Å². The number of nitrogens with one attached hydrogen (secondary N) is 2. The third-order valence-corrected chi connectivity index (χ3v) is 4.00. The summed E-state index contributed by atoms with van der Waals surface area (Å²) in [6.45, 7) is 4.10. The van der Waals surface area contributed by atoms with E-state index in [-0.39, 0.29) is 11.8 Å². The van der Waals surface area contributed by atoms with Crippen LogP contribution in [0.5, 0.6) is 0 Å². The van der Waals surface area contributed by atoms with Crippen LogP contribution < -0.4 is 11.1 Å². The van der Waals surface area contributed by atoms with Gasteiger partial charge in [-0.25, -0.2) is 4.79 Å². The highest BCUT2D eigenvalue weighted by molar-refractivity contribution is 6.31. The van der Waals surface area contributed by atoms with Crippen molar-refractivity contribution < 1.29 is 9.21 Å². The molecule has 0 radical (unpaired) electrons. The molecule has 0 fully saturated rings. The summed E-state index contributed by atoms with van der Waals surface area (Å²) in [4.78, 5) is 26.0. The molecule has 1 aromatic heterocycles. The van der Waals surface area contributed by atoms with Gasteiger partial charge in [-0.3, -0.25) is 9.78 Å². The summed E-state index contributed by atoms with van der Waals surface area (Å²) in [6, 6.07) is 10.6. The Kier molecular flexibility index (Phi) is 4.76. The van der Waals surface area contributed by atoms with E-state index in [9.17, 15) is 9.59 Å². The highest BCUT2D eigenvalue weighted by atomic mass is 35.5. The Morgan fingerprint density at radius 1 is 1.24 bits per heavy atom. The molecule has 1 amide bonds. The molecule has 0 aliphatic rings. The van der Waals surface area contributed by atoms with E-state index in [4.69, 9.17) is 16.0 Å². The van der Waals surface area contributed by atoms with Gasteiger partial charge in [-0.15, -0.1) is 0 Å².